The van der Waals surface area contributed by atoms with E-state index in [4.69, 9.17) is 9.47 Å². The van der Waals surface area contributed by atoms with Gasteiger partial charge in [-0.2, -0.15) is 0 Å². The zero-order valence-electron chi connectivity index (χ0n) is 11.9. The molecule has 0 aromatic heterocycles. The van der Waals surface area contributed by atoms with Gasteiger partial charge in [-0.05, 0) is 42.9 Å². The highest BCUT2D eigenvalue weighted by atomic mass is 19.1. The number of methoxy groups -OCH3 is 1. The van der Waals surface area contributed by atoms with Crippen LogP contribution in [-0.2, 0) is 15.9 Å². The van der Waals surface area contributed by atoms with E-state index in [2.05, 4.69) is 17.3 Å². The van der Waals surface area contributed by atoms with Crippen LogP contribution in [0.5, 0.6) is 0 Å². The first-order valence-corrected chi connectivity index (χ1v) is 6.83. The van der Waals surface area contributed by atoms with Gasteiger partial charge in [0, 0.05) is 6.54 Å². The second-order valence-corrected chi connectivity index (χ2v) is 4.94. The molecule has 4 heteroatoms. The van der Waals surface area contributed by atoms with Crippen molar-refractivity contribution in [2.75, 3.05) is 20.3 Å². The third kappa shape index (κ3) is 3.96. The lowest BCUT2D eigenvalue weighted by molar-refractivity contribution is 0.0110. The van der Waals surface area contributed by atoms with E-state index in [0.717, 1.165) is 24.1 Å². The van der Waals surface area contributed by atoms with E-state index in [1.165, 1.54) is 13.2 Å². The molecule has 0 spiro atoms. The Labute approximate surface area is 119 Å². The van der Waals surface area contributed by atoms with Gasteiger partial charge in [0.05, 0.1) is 25.9 Å². The third-order valence-electron chi connectivity index (χ3n) is 3.50. The fourth-order valence-corrected chi connectivity index (χ4v) is 2.32. The lowest BCUT2D eigenvalue weighted by Gasteiger charge is -2.27. The van der Waals surface area contributed by atoms with Gasteiger partial charge in [-0.25, -0.2) is 4.39 Å². The van der Waals surface area contributed by atoms with Crippen LogP contribution in [0, 0.1) is 24.8 Å². The molecule has 1 aliphatic rings. The Morgan fingerprint density at radius 3 is 3.00 bits per heavy atom. The summed E-state index contributed by atoms with van der Waals surface area (Å²) in [5, 5.41) is 3.30. The van der Waals surface area contributed by atoms with E-state index in [0.29, 0.717) is 13.0 Å². The molecule has 1 N–H and O–H groups in total. The van der Waals surface area contributed by atoms with Crippen LogP contribution in [0.15, 0.2) is 18.2 Å². The Morgan fingerprint density at radius 1 is 1.50 bits per heavy atom. The molecule has 1 fully saturated rings. The van der Waals surface area contributed by atoms with Gasteiger partial charge in [0.25, 0.3) is 0 Å². The van der Waals surface area contributed by atoms with Crippen LogP contribution >= 0.6 is 0 Å². The van der Waals surface area contributed by atoms with Gasteiger partial charge >= 0.3 is 0 Å². The second-order valence-electron chi connectivity index (χ2n) is 4.94. The quantitative estimate of drug-likeness (QED) is 0.858. The lowest BCUT2D eigenvalue weighted by atomic mass is 10.0. The summed E-state index contributed by atoms with van der Waals surface area (Å²) in [5.74, 6) is 2.79. The van der Waals surface area contributed by atoms with Gasteiger partial charge in [0.15, 0.2) is 0 Å². The lowest BCUT2D eigenvalue weighted by Crippen LogP contribution is -2.45. The van der Waals surface area contributed by atoms with E-state index in [9.17, 15) is 4.39 Å². The molecule has 3 nitrogen and oxygen atoms in total. The summed E-state index contributed by atoms with van der Waals surface area (Å²) in [4.78, 5) is 0. The largest absolute Gasteiger partial charge is 0.450 e. The zero-order chi connectivity index (χ0) is 14.4. The highest BCUT2D eigenvalue weighted by molar-refractivity contribution is 5.27. The van der Waals surface area contributed by atoms with E-state index >= 15 is 0 Å². The first-order chi connectivity index (χ1) is 9.70. The summed E-state index contributed by atoms with van der Waals surface area (Å²) in [6.45, 7) is 3.21. The van der Waals surface area contributed by atoms with Crippen molar-refractivity contribution in [3.8, 4) is 12.0 Å². The van der Waals surface area contributed by atoms with Crippen molar-refractivity contribution in [2.24, 2.45) is 0 Å². The molecule has 1 aromatic carbocycles. The average molecular weight is 277 g/mol. The number of ether oxygens (including phenoxy) is 2. The minimum absolute atomic E-state index is 0.0152. The molecule has 2 rings (SSSR count). The summed E-state index contributed by atoms with van der Waals surface area (Å²) < 4.78 is 24.2. The molecule has 20 heavy (non-hydrogen) atoms. The van der Waals surface area contributed by atoms with Crippen LogP contribution in [0.2, 0.25) is 0 Å². The minimum Gasteiger partial charge on any atom is -0.450 e. The molecule has 2 atom stereocenters. The van der Waals surface area contributed by atoms with Gasteiger partial charge < -0.3 is 9.47 Å². The van der Waals surface area contributed by atoms with Crippen LogP contribution in [0.25, 0.3) is 0 Å². The monoisotopic (exact) mass is 277 g/mol. The van der Waals surface area contributed by atoms with Crippen LogP contribution in [0.4, 0.5) is 4.39 Å². The van der Waals surface area contributed by atoms with Gasteiger partial charge in [-0.15, -0.1) is 0 Å². The summed E-state index contributed by atoms with van der Waals surface area (Å²) in [6.07, 6.45) is 4.17. The third-order valence-corrected chi connectivity index (χ3v) is 3.50. The molecule has 108 valence electrons. The van der Waals surface area contributed by atoms with E-state index in [1.54, 1.807) is 6.07 Å². The maximum absolute atomic E-state index is 13.7. The van der Waals surface area contributed by atoms with Crippen molar-refractivity contribution in [2.45, 2.75) is 31.9 Å². The summed E-state index contributed by atoms with van der Waals surface area (Å²) in [7, 11) is 1.54. The Balaban J connectivity index is 1.82. The van der Waals surface area contributed by atoms with Gasteiger partial charge in [0.2, 0.25) is 0 Å². The van der Waals surface area contributed by atoms with Gasteiger partial charge in [0.1, 0.15) is 11.9 Å². The number of hydrogen-bond acceptors (Lipinski definition) is 3. The van der Waals surface area contributed by atoms with Crippen LogP contribution in [-0.4, -0.2) is 32.4 Å². The predicted octanol–water partition coefficient (Wildman–Crippen LogP) is 2.03. The number of hydrogen-bond donors (Lipinski definition) is 1. The fraction of sp³-hybridized carbons (Fsp3) is 0.500. The van der Waals surface area contributed by atoms with Crippen molar-refractivity contribution in [1.29, 1.82) is 0 Å². The Bertz CT molecular complexity index is 479. The number of morpholine rings is 1. The molecular weight excluding hydrogens is 257 g/mol. The molecule has 0 saturated carbocycles. The standard InChI is InChI=1S/C16H20FNO2/c1-12-4-3-5-16(17)15(12)7-6-14-10-18-13(11-20-14)8-9-19-2/h3-5,13-14,18H,6-7,10-11H2,1-2H3. The van der Waals surface area contributed by atoms with Crippen molar-refractivity contribution < 1.29 is 13.9 Å². The average Bonchev–Trinajstić information content (AvgIpc) is 2.46. The highest BCUT2D eigenvalue weighted by Gasteiger charge is 2.20. The van der Waals surface area contributed by atoms with Crippen molar-refractivity contribution in [1.82, 2.24) is 5.32 Å². The smallest absolute Gasteiger partial charge is 0.126 e. The number of nitrogens with one attached hydrogen (secondary N) is 1. The molecular formula is C16H20FNO2. The van der Waals surface area contributed by atoms with Crippen molar-refractivity contribution >= 4 is 0 Å². The molecule has 1 aliphatic heterocycles. The van der Waals surface area contributed by atoms with Crippen molar-refractivity contribution in [3.05, 3.63) is 35.1 Å². The summed E-state index contributed by atoms with van der Waals surface area (Å²) in [5.41, 5.74) is 1.79. The SMILES string of the molecule is COC#CC1COC(CCc2c(C)cccc2F)CN1. The van der Waals surface area contributed by atoms with Crippen molar-refractivity contribution in [3.63, 3.8) is 0 Å². The Kier molecular flexibility index (Phi) is 5.40. The number of rotatable bonds is 3. The first kappa shape index (κ1) is 14.8. The molecule has 1 saturated heterocycles. The summed E-state index contributed by atoms with van der Waals surface area (Å²) >= 11 is 0. The first-order valence-electron chi connectivity index (χ1n) is 6.83. The predicted molar refractivity (Wildman–Crippen MR) is 75.8 cm³/mol. The topological polar surface area (TPSA) is 30.5 Å². The van der Waals surface area contributed by atoms with E-state index < -0.39 is 0 Å². The van der Waals surface area contributed by atoms with Gasteiger partial charge in [-0.1, -0.05) is 12.1 Å². The molecule has 1 aromatic rings. The van der Waals surface area contributed by atoms with E-state index in [-0.39, 0.29) is 18.0 Å². The number of aryl methyl sites for hydroxylation is 1. The van der Waals surface area contributed by atoms with Crippen LogP contribution < -0.4 is 5.32 Å². The Hall–Kier alpha value is -1.57. The molecule has 0 amide bonds. The second kappa shape index (κ2) is 7.28. The molecule has 2 unspecified atom stereocenters. The zero-order valence-corrected chi connectivity index (χ0v) is 11.9. The van der Waals surface area contributed by atoms with Gasteiger partial charge in [-0.3, -0.25) is 5.32 Å². The minimum atomic E-state index is -0.127. The van der Waals surface area contributed by atoms with Crippen LogP contribution in [0.3, 0.4) is 0 Å². The number of benzene rings is 1. The maximum atomic E-state index is 13.7. The van der Waals surface area contributed by atoms with Crippen LogP contribution in [0.1, 0.15) is 17.5 Å². The number of halogens is 1. The Morgan fingerprint density at radius 2 is 2.35 bits per heavy atom. The highest BCUT2D eigenvalue weighted by Crippen LogP contribution is 2.17. The summed E-state index contributed by atoms with van der Waals surface area (Å²) in [6, 6.07) is 5.21. The van der Waals surface area contributed by atoms with E-state index in [1.807, 2.05) is 13.0 Å². The molecule has 1 heterocycles. The normalized spacial score (nSPS) is 21.9. The molecule has 0 bridgehead atoms. The fourth-order valence-electron chi connectivity index (χ4n) is 2.32. The molecule has 0 radical (unpaired) electrons. The molecule has 0 aliphatic carbocycles. The maximum Gasteiger partial charge on any atom is 0.126 e.